The van der Waals surface area contributed by atoms with Crippen LogP contribution in [0.2, 0.25) is 0 Å². The van der Waals surface area contributed by atoms with Crippen LogP contribution in [0.1, 0.15) is 18.7 Å². The topological polar surface area (TPSA) is 75.0 Å². The lowest BCUT2D eigenvalue weighted by Gasteiger charge is -2.39. The van der Waals surface area contributed by atoms with E-state index in [1.165, 1.54) is 0 Å². The summed E-state index contributed by atoms with van der Waals surface area (Å²) in [5.41, 5.74) is 1.16. The minimum absolute atomic E-state index is 0.0725. The van der Waals surface area contributed by atoms with Crippen molar-refractivity contribution in [2.24, 2.45) is 0 Å². The van der Waals surface area contributed by atoms with Crippen molar-refractivity contribution >= 4 is 15.7 Å². The van der Waals surface area contributed by atoms with Gasteiger partial charge in [-0.3, -0.25) is 4.90 Å². The minimum Gasteiger partial charge on any atom is -0.497 e. The predicted octanol–water partition coefficient (Wildman–Crippen LogP) is 2.09. The van der Waals surface area contributed by atoms with Crippen molar-refractivity contribution in [1.82, 2.24) is 9.62 Å². The first-order chi connectivity index (χ1) is 13.0. The third kappa shape index (κ3) is 5.03. The second kappa shape index (κ2) is 8.77. The second-order valence-electron chi connectivity index (χ2n) is 6.50. The zero-order valence-corrected chi connectivity index (χ0v) is 16.6. The average Bonchev–Trinajstić information content (AvgIpc) is 3.23. The van der Waals surface area contributed by atoms with E-state index in [1.807, 2.05) is 24.3 Å². The minimum atomic E-state index is -3.25. The second-order valence-corrected chi connectivity index (χ2v) is 8.60. The molecular weight excluding hydrogens is 366 g/mol. The third-order valence-electron chi connectivity index (χ3n) is 4.94. The molecule has 1 atom stereocenters. The maximum atomic E-state index is 11.9. The maximum absolute atomic E-state index is 11.9. The van der Waals surface area contributed by atoms with Gasteiger partial charge < -0.3 is 14.1 Å². The quantitative estimate of drug-likeness (QED) is 0.740. The molecule has 2 aromatic rings. The van der Waals surface area contributed by atoms with Crippen molar-refractivity contribution in [2.45, 2.75) is 13.0 Å². The van der Waals surface area contributed by atoms with E-state index in [0.29, 0.717) is 6.54 Å². The number of hydrogen-bond donors (Lipinski definition) is 1. The van der Waals surface area contributed by atoms with E-state index in [9.17, 15) is 8.42 Å². The third-order valence-corrected chi connectivity index (χ3v) is 6.31. The number of furan rings is 1. The number of nitrogens with zero attached hydrogens (tertiary/aromatic N) is 2. The summed E-state index contributed by atoms with van der Waals surface area (Å²) >= 11 is 0. The highest BCUT2D eigenvalue weighted by molar-refractivity contribution is 7.89. The van der Waals surface area contributed by atoms with Crippen LogP contribution in [0.4, 0.5) is 5.69 Å². The predicted molar refractivity (Wildman–Crippen MR) is 106 cm³/mol. The first-order valence-electron chi connectivity index (χ1n) is 9.16. The Balaban J connectivity index is 1.65. The zero-order chi connectivity index (χ0) is 19.3. The molecule has 1 N–H and O–H groups in total. The van der Waals surface area contributed by atoms with Crippen LogP contribution in [-0.2, 0) is 10.0 Å². The summed E-state index contributed by atoms with van der Waals surface area (Å²) in [5, 5.41) is 0. The van der Waals surface area contributed by atoms with Crippen molar-refractivity contribution in [3.8, 4) is 5.75 Å². The monoisotopic (exact) mass is 393 g/mol. The molecule has 148 valence electrons. The summed E-state index contributed by atoms with van der Waals surface area (Å²) in [6.07, 6.45) is 1.63. The summed E-state index contributed by atoms with van der Waals surface area (Å²) < 4.78 is 37.2. The van der Waals surface area contributed by atoms with E-state index in [4.69, 9.17) is 9.15 Å². The van der Waals surface area contributed by atoms with Gasteiger partial charge in [0, 0.05) is 38.4 Å². The van der Waals surface area contributed by atoms with Gasteiger partial charge in [0.2, 0.25) is 10.0 Å². The van der Waals surface area contributed by atoms with Crippen LogP contribution in [0.15, 0.2) is 47.1 Å². The van der Waals surface area contributed by atoms with Crippen molar-refractivity contribution in [3.05, 3.63) is 48.4 Å². The molecule has 0 aliphatic carbocycles. The summed E-state index contributed by atoms with van der Waals surface area (Å²) in [7, 11) is -1.58. The first-order valence-corrected chi connectivity index (χ1v) is 10.8. The number of sulfonamides is 1. The molecule has 7 nitrogen and oxygen atoms in total. The lowest BCUT2D eigenvalue weighted by Crippen LogP contribution is -2.49. The van der Waals surface area contributed by atoms with Gasteiger partial charge in [-0.2, -0.15) is 0 Å². The standard InChI is InChI=1S/C19H27N3O4S/c1-3-27(23,24)20-15-18(19-5-4-14-26-19)22-12-10-21(11-13-22)16-6-8-17(25-2)9-7-16/h4-9,14,18,20H,3,10-13,15H2,1-2H3/t18-/m1/s1. The molecule has 8 heteroatoms. The summed E-state index contributed by atoms with van der Waals surface area (Å²) in [5.74, 6) is 1.70. The molecule has 0 spiro atoms. The molecule has 0 amide bonds. The largest absolute Gasteiger partial charge is 0.497 e. The number of ether oxygens (including phenoxy) is 1. The van der Waals surface area contributed by atoms with Gasteiger partial charge in [-0.05, 0) is 43.3 Å². The van der Waals surface area contributed by atoms with Gasteiger partial charge in [0.25, 0.3) is 0 Å². The van der Waals surface area contributed by atoms with Crippen LogP contribution in [-0.4, -0.2) is 58.9 Å². The van der Waals surface area contributed by atoms with Crippen LogP contribution in [0, 0.1) is 0 Å². The van der Waals surface area contributed by atoms with Gasteiger partial charge in [-0.25, -0.2) is 13.1 Å². The Morgan fingerprint density at radius 2 is 1.85 bits per heavy atom. The number of rotatable bonds is 8. The molecule has 1 aliphatic rings. The number of benzene rings is 1. The van der Waals surface area contributed by atoms with Crippen molar-refractivity contribution in [3.63, 3.8) is 0 Å². The molecular formula is C19H27N3O4S. The summed E-state index contributed by atoms with van der Waals surface area (Å²) in [6.45, 7) is 5.33. The highest BCUT2D eigenvalue weighted by atomic mass is 32.2. The fourth-order valence-electron chi connectivity index (χ4n) is 3.28. The molecule has 1 fully saturated rings. The molecule has 1 aliphatic heterocycles. The van der Waals surface area contributed by atoms with Crippen molar-refractivity contribution in [1.29, 1.82) is 0 Å². The van der Waals surface area contributed by atoms with E-state index < -0.39 is 10.0 Å². The normalized spacial score (nSPS) is 17.0. The van der Waals surface area contributed by atoms with E-state index in [-0.39, 0.29) is 11.8 Å². The molecule has 2 heterocycles. The first kappa shape index (κ1) is 19.7. The molecule has 0 radical (unpaired) electrons. The molecule has 1 aromatic carbocycles. The van der Waals surface area contributed by atoms with Crippen LogP contribution >= 0.6 is 0 Å². The fraction of sp³-hybridized carbons (Fsp3) is 0.474. The van der Waals surface area contributed by atoms with Gasteiger partial charge >= 0.3 is 0 Å². The Morgan fingerprint density at radius 3 is 2.41 bits per heavy atom. The highest BCUT2D eigenvalue weighted by Gasteiger charge is 2.28. The van der Waals surface area contributed by atoms with Gasteiger partial charge in [-0.15, -0.1) is 0 Å². The van der Waals surface area contributed by atoms with Gasteiger partial charge in [0.05, 0.1) is 25.2 Å². The Kier molecular flexibility index (Phi) is 6.41. The van der Waals surface area contributed by atoms with Gasteiger partial charge in [0.15, 0.2) is 0 Å². The molecule has 1 saturated heterocycles. The van der Waals surface area contributed by atoms with Crippen molar-refractivity contribution < 1.29 is 17.6 Å². The van der Waals surface area contributed by atoms with Crippen LogP contribution in [0.25, 0.3) is 0 Å². The number of nitrogens with one attached hydrogen (secondary N) is 1. The summed E-state index contributed by atoms with van der Waals surface area (Å²) in [4.78, 5) is 4.60. The molecule has 1 aromatic heterocycles. The highest BCUT2D eigenvalue weighted by Crippen LogP contribution is 2.25. The number of hydrogen-bond acceptors (Lipinski definition) is 6. The van der Waals surface area contributed by atoms with Crippen LogP contribution in [0.5, 0.6) is 5.75 Å². The Bertz CT molecular complexity index is 798. The van der Waals surface area contributed by atoms with E-state index in [0.717, 1.165) is 43.4 Å². The number of piperazine rings is 1. The Morgan fingerprint density at radius 1 is 1.15 bits per heavy atom. The van der Waals surface area contributed by atoms with Crippen molar-refractivity contribution in [2.75, 3.05) is 50.5 Å². The van der Waals surface area contributed by atoms with Gasteiger partial charge in [0.1, 0.15) is 11.5 Å². The SMILES string of the molecule is CCS(=O)(=O)NC[C@H](c1ccco1)N1CCN(c2ccc(OC)cc2)CC1. The number of methoxy groups -OCH3 is 1. The smallest absolute Gasteiger partial charge is 0.211 e. The van der Waals surface area contributed by atoms with Gasteiger partial charge in [-0.1, -0.05) is 0 Å². The van der Waals surface area contributed by atoms with Crippen LogP contribution < -0.4 is 14.4 Å². The number of anilines is 1. The molecule has 0 bridgehead atoms. The van der Waals surface area contributed by atoms with E-state index in [1.54, 1.807) is 20.3 Å². The lowest BCUT2D eigenvalue weighted by molar-refractivity contribution is 0.166. The van der Waals surface area contributed by atoms with Crippen LogP contribution in [0.3, 0.4) is 0 Å². The molecule has 0 saturated carbocycles. The lowest BCUT2D eigenvalue weighted by atomic mass is 10.1. The Hall–Kier alpha value is -2.03. The molecule has 27 heavy (non-hydrogen) atoms. The molecule has 0 unspecified atom stereocenters. The van der Waals surface area contributed by atoms with E-state index >= 15 is 0 Å². The van der Waals surface area contributed by atoms with E-state index in [2.05, 4.69) is 26.7 Å². The summed E-state index contributed by atoms with van der Waals surface area (Å²) in [6, 6.07) is 11.7. The molecule has 3 rings (SSSR count). The maximum Gasteiger partial charge on any atom is 0.211 e. The Labute approximate surface area is 161 Å². The average molecular weight is 394 g/mol. The zero-order valence-electron chi connectivity index (χ0n) is 15.8. The fourth-order valence-corrected chi connectivity index (χ4v) is 3.90.